The molecule has 1 fully saturated rings. The molecule has 14 heteroatoms. The number of benzene rings is 3. The highest BCUT2D eigenvalue weighted by molar-refractivity contribution is 5.91. The Kier molecular flexibility index (Phi) is 8.60. The van der Waals surface area contributed by atoms with Crippen LogP contribution in [-0.2, 0) is 18.9 Å². The minimum absolute atomic E-state index is 0.00192. The van der Waals surface area contributed by atoms with Gasteiger partial charge >= 0.3 is 23.6 Å². The molecule has 0 amide bonds. The molecule has 0 unspecified atom stereocenters. The summed E-state index contributed by atoms with van der Waals surface area (Å²) in [5.41, 5.74) is -0.631. The third kappa shape index (κ3) is 6.51. The van der Waals surface area contributed by atoms with Gasteiger partial charge in [0.15, 0.2) is 18.4 Å². The van der Waals surface area contributed by atoms with Crippen molar-refractivity contribution in [3.8, 4) is 11.3 Å². The summed E-state index contributed by atoms with van der Waals surface area (Å²) in [5, 5.41) is 8.10. The van der Waals surface area contributed by atoms with Crippen molar-refractivity contribution in [1.29, 1.82) is 0 Å². The molecule has 3 aromatic carbocycles. The van der Waals surface area contributed by atoms with Crippen LogP contribution in [0.2, 0.25) is 0 Å². The molecule has 0 saturated carbocycles. The fourth-order valence-electron chi connectivity index (χ4n) is 4.79. The first-order chi connectivity index (χ1) is 22.4. The number of hydrogen-bond donors (Lipinski definition) is 2. The maximum atomic E-state index is 13.3. The quantitative estimate of drug-likeness (QED) is 0.182. The van der Waals surface area contributed by atoms with E-state index >= 15 is 0 Å². The van der Waals surface area contributed by atoms with Crippen molar-refractivity contribution >= 4 is 17.9 Å². The average Bonchev–Trinajstić information content (AvgIpc) is 3.70. The Bertz CT molecular complexity index is 1960. The molecule has 2 N–H and O–H groups in total. The van der Waals surface area contributed by atoms with E-state index in [2.05, 4.69) is 20.3 Å². The molecule has 0 aliphatic carbocycles. The highest BCUT2D eigenvalue weighted by Gasteiger charge is 2.52. The van der Waals surface area contributed by atoms with Gasteiger partial charge in [0, 0.05) is 6.20 Å². The second-order valence-corrected chi connectivity index (χ2v) is 10.1. The van der Waals surface area contributed by atoms with Gasteiger partial charge in [-0.25, -0.2) is 23.9 Å². The fourth-order valence-corrected chi connectivity index (χ4v) is 4.79. The van der Waals surface area contributed by atoms with Crippen LogP contribution in [0.4, 0.5) is 0 Å². The molecule has 4 atom stereocenters. The number of carbonyl (C=O) groups is 3. The third-order valence-corrected chi connectivity index (χ3v) is 7.05. The van der Waals surface area contributed by atoms with E-state index in [4.69, 9.17) is 18.9 Å². The van der Waals surface area contributed by atoms with Crippen LogP contribution in [0, 0.1) is 0 Å². The summed E-state index contributed by atoms with van der Waals surface area (Å²) in [6, 6.07) is 24.6. The Labute approximate surface area is 259 Å². The smallest absolute Gasteiger partial charge is 0.338 e. The lowest BCUT2D eigenvalue weighted by Gasteiger charge is -2.24. The Balaban J connectivity index is 1.35. The minimum Gasteiger partial charge on any atom is -0.459 e. The predicted octanol–water partition coefficient (Wildman–Crippen LogP) is 2.53. The molecular formula is C32H25N5O9. The van der Waals surface area contributed by atoms with E-state index in [1.54, 1.807) is 91.0 Å². The minimum atomic E-state index is -1.33. The van der Waals surface area contributed by atoms with Crippen molar-refractivity contribution in [3.63, 3.8) is 0 Å². The normalized spacial score (nSPS) is 18.9. The van der Waals surface area contributed by atoms with Gasteiger partial charge in [0.2, 0.25) is 0 Å². The van der Waals surface area contributed by atoms with Crippen LogP contribution in [0.25, 0.3) is 11.3 Å². The van der Waals surface area contributed by atoms with Gasteiger partial charge in [-0.3, -0.25) is 9.78 Å². The lowest BCUT2D eigenvalue weighted by Crippen LogP contribution is -2.41. The van der Waals surface area contributed by atoms with Crippen LogP contribution in [0.15, 0.2) is 113 Å². The SMILES string of the molecule is O=C(OC[C@H]1O[C@@H](n2cc(-c3c[nH]c(=O)[nH]c3=O)nn2)[C@H](OC(=O)c2ccccc2)[C@@H]1OC(=O)c1ccccc1)c1ccccc1. The summed E-state index contributed by atoms with van der Waals surface area (Å²) in [5.74, 6) is -2.15. The number of H-pyrrole nitrogens is 2. The van der Waals surface area contributed by atoms with Gasteiger partial charge in [-0.1, -0.05) is 59.8 Å². The molecule has 46 heavy (non-hydrogen) atoms. The first-order valence-corrected chi connectivity index (χ1v) is 14.0. The maximum Gasteiger partial charge on any atom is 0.338 e. The van der Waals surface area contributed by atoms with Crippen LogP contribution >= 0.6 is 0 Å². The molecule has 3 heterocycles. The number of nitrogens with zero attached hydrogens (tertiary/aromatic N) is 3. The van der Waals surface area contributed by atoms with E-state index in [9.17, 15) is 24.0 Å². The molecule has 2 aromatic heterocycles. The first kappa shape index (κ1) is 29.9. The molecule has 14 nitrogen and oxygen atoms in total. The van der Waals surface area contributed by atoms with Crippen LogP contribution in [0.1, 0.15) is 37.3 Å². The second kappa shape index (κ2) is 13.2. The molecule has 1 aliphatic rings. The molecule has 5 aromatic rings. The van der Waals surface area contributed by atoms with Crippen molar-refractivity contribution in [2.24, 2.45) is 0 Å². The molecular weight excluding hydrogens is 598 g/mol. The van der Waals surface area contributed by atoms with E-state index < -0.39 is 60.3 Å². The first-order valence-electron chi connectivity index (χ1n) is 14.0. The van der Waals surface area contributed by atoms with Crippen molar-refractivity contribution in [2.75, 3.05) is 6.61 Å². The molecule has 0 bridgehead atoms. The molecule has 0 radical (unpaired) electrons. The third-order valence-electron chi connectivity index (χ3n) is 7.05. The topological polar surface area (TPSA) is 185 Å². The Hall–Kier alpha value is -6.15. The van der Waals surface area contributed by atoms with Crippen molar-refractivity contribution < 1.29 is 33.3 Å². The lowest BCUT2D eigenvalue weighted by molar-refractivity contribution is -0.0678. The number of hydrogen-bond acceptors (Lipinski definition) is 11. The van der Waals surface area contributed by atoms with E-state index in [-0.39, 0.29) is 27.9 Å². The number of nitrogens with one attached hydrogen (secondary N) is 2. The van der Waals surface area contributed by atoms with E-state index in [0.717, 1.165) is 0 Å². The number of carbonyl (C=O) groups excluding carboxylic acids is 3. The van der Waals surface area contributed by atoms with Crippen molar-refractivity contribution in [3.05, 3.63) is 141 Å². The molecule has 0 spiro atoms. The van der Waals surface area contributed by atoms with Gasteiger partial charge in [0.1, 0.15) is 18.4 Å². The van der Waals surface area contributed by atoms with Crippen molar-refractivity contribution in [1.82, 2.24) is 25.0 Å². The molecule has 6 rings (SSSR count). The molecule has 232 valence electrons. The van der Waals surface area contributed by atoms with Crippen LogP contribution < -0.4 is 11.2 Å². The zero-order chi connectivity index (χ0) is 32.0. The standard InChI is InChI=1S/C32H25N5O9/c38-27-22(16-33-32(42)34-27)23-17-37(36-35-23)28-26(46-31(41)21-14-8-3-9-15-21)25(45-30(40)20-12-6-2-7-13-20)24(44-28)18-43-29(39)19-10-4-1-5-11-19/h1-17,24-26,28H,18H2,(H2,33,34,38,42)/t24-,25-,26-,28-/m1/s1. The zero-order valence-corrected chi connectivity index (χ0v) is 23.8. The van der Waals surface area contributed by atoms with Gasteiger partial charge in [0.25, 0.3) is 5.56 Å². The van der Waals surface area contributed by atoms with E-state index in [1.807, 2.05) is 0 Å². The van der Waals surface area contributed by atoms with E-state index in [1.165, 1.54) is 17.1 Å². The predicted molar refractivity (Wildman–Crippen MR) is 159 cm³/mol. The number of aromatic amines is 2. The largest absolute Gasteiger partial charge is 0.459 e. The summed E-state index contributed by atoms with van der Waals surface area (Å²) >= 11 is 0. The number of rotatable bonds is 9. The summed E-state index contributed by atoms with van der Waals surface area (Å²) < 4.78 is 24.7. The molecule has 1 saturated heterocycles. The summed E-state index contributed by atoms with van der Waals surface area (Å²) in [6.45, 7) is -0.391. The highest BCUT2D eigenvalue weighted by atomic mass is 16.7. The summed E-state index contributed by atoms with van der Waals surface area (Å²) in [6.07, 6.45) is -2.50. The number of aromatic nitrogens is 5. The number of ether oxygens (including phenoxy) is 4. The second-order valence-electron chi connectivity index (χ2n) is 10.1. The van der Waals surface area contributed by atoms with Gasteiger partial charge in [-0.05, 0) is 36.4 Å². The number of esters is 3. The maximum absolute atomic E-state index is 13.3. The Morgan fingerprint density at radius 2 is 1.30 bits per heavy atom. The van der Waals surface area contributed by atoms with Crippen LogP contribution in [0.3, 0.4) is 0 Å². The fraction of sp³-hybridized carbons (Fsp3) is 0.156. The summed E-state index contributed by atoms with van der Waals surface area (Å²) in [4.78, 5) is 67.8. The van der Waals surface area contributed by atoms with Crippen LogP contribution in [0.5, 0.6) is 0 Å². The highest BCUT2D eigenvalue weighted by Crippen LogP contribution is 2.35. The van der Waals surface area contributed by atoms with Gasteiger partial charge in [-0.15, -0.1) is 5.10 Å². The van der Waals surface area contributed by atoms with Gasteiger partial charge < -0.3 is 23.9 Å². The zero-order valence-electron chi connectivity index (χ0n) is 23.8. The summed E-state index contributed by atoms with van der Waals surface area (Å²) in [7, 11) is 0. The molecule has 1 aliphatic heterocycles. The van der Waals surface area contributed by atoms with Gasteiger partial charge in [0.05, 0.1) is 28.5 Å². The Morgan fingerprint density at radius 3 is 1.87 bits per heavy atom. The van der Waals surface area contributed by atoms with E-state index in [0.29, 0.717) is 0 Å². The van der Waals surface area contributed by atoms with Crippen LogP contribution in [-0.4, -0.2) is 67.8 Å². The van der Waals surface area contributed by atoms with Crippen molar-refractivity contribution in [2.45, 2.75) is 24.5 Å². The average molecular weight is 624 g/mol. The lowest BCUT2D eigenvalue weighted by atomic mass is 10.1. The monoisotopic (exact) mass is 623 g/mol. The van der Waals surface area contributed by atoms with Gasteiger partial charge in [-0.2, -0.15) is 0 Å². The Morgan fingerprint density at radius 1 is 0.761 bits per heavy atom.